The molecule has 0 amide bonds. The normalized spacial score (nSPS) is 18.8. The summed E-state index contributed by atoms with van der Waals surface area (Å²) in [5.41, 5.74) is 8.54. The fourth-order valence-corrected chi connectivity index (χ4v) is 14.0. The molecule has 17 nitrogen and oxygen atoms in total. The number of pyridine rings is 3. The molecular formula is C75H69ClFN11O6. The van der Waals surface area contributed by atoms with Gasteiger partial charge in [-0.25, -0.2) is 29.9 Å². The minimum Gasteiger partial charge on any atom is -0.391 e. The molecule has 6 atom stereocenters. The van der Waals surface area contributed by atoms with Crippen LogP contribution in [0.2, 0.25) is 5.15 Å². The summed E-state index contributed by atoms with van der Waals surface area (Å²) in [6.45, 7) is 0. The van der Waals surface area contributed by atoms with Crippen LogP contribution >= 0.6 is 11.6 Å². The van der Waals surface area contributed by atoms with Crippen molar-refractivity contribution in [1.82, 2.24) is 43.6 Å². The molecule has 12 aromatic rings. The Morgan fingerprint density at radius 2 is 0.745 bits per heavy atom. The predicted octanol–water partition coefficient (Wildman–Crippen LogP) is 13.0. The van der Waals surface area contributed by atoms with Crippen LogP contribution in [0.5, 0.6) is 0 Å². The number of hydrogen-bond donors (Lipinski definition) is 3. The molecule has 94 heavy (non-hydrogen) atoms. The van der Waals surface area contributed by atoms with Gasteiger partial charge in [0, 0.05) is 34.7 Å². The molecule has 0 unspecified atom stereocenters. The van der Waals surface area contributed by atoms with E-state index in [9.17, 15) is 34.1 Å². The van der Waals surface area contributed by atoms with E-state index in [1.165, 1.54) is 0 Å². The maximum Gasteiger partial charge on any atom is 0.261 e. The van der Waals surface area contributed by atoms with E-state index in [4.69, 9.17) is 23.5 Å². The first-order valence-electron chi connectivity index (χ1n) is 32.5. The topological polar surface area (TPSA) is 252 Å². The molecule has 15 rings (SSSR count). The number of nitrogens with zero attached hydrogens (tertiary/aromatic N) is 11. The van der Waals surface area contributed by atoms with Crippen LogP contribution in [0, 0.1) is 22.7 Å². The van der Waals surface area contributed by atoms with E-state index in [1.54, 1.807) is 69.5 Å². The van der Waals surface area contributed by atoms with E-state index in [1.807, 2.05) is 115 Å². The van der Waals surface area contributed by atoms with Crippen LogP contribution in [0.4, 0.5) is 4.39 Å². The highest BCUT2D eigenvalue weighted by atomic mass is 35.5. The second-order valence-corrected chi connectivity index (χ2v) is 24.8. The molecule has 6 aromatic heterocycles. The molecule has 3 aliphatic carbocycles. The molecule has 19 heteroatoms. The Morgan fingerprint density at radius 3 is 1.02 bits per heavy atom. The number of aliphatic hydroxyl groups excluding tert-OH is 3. The van der Waals surface area contributed by atoms with Gasteiger partial charge in [0.1, 0.15) is 28.7 Å². The minimum atomic E-state index is -1.00. The molecular weight excluding hydrogens is 1210 g/mol. The summed E-state index contributed by atoms with van der Waals surface area (Å²) in [4.78, 5) is 66.9. The van der Waals surface area contributed by atoms with Gasteiger partial charge in [-0.3, -0.25) is 32.5 Å². The summed E-state index contributed by atoms with van der Waals surface area (Å²) in [5, 5.41) is 57.5. The second kappa shape index (κ2) is 28.9. The van der Waals surface area contributed by atoms with Gasteiger partial charge in [0.15, 0.2) is 0 Å². The van der Waals surface area contributed by atoms with Crippen molar-refractivity contribution in [2.75, 3.05) is 7.15 Å². The van der Waals surface area contributed by atoms with E-state index in [0.29, 0.717) is 81.4 Å². The summed E-state index contributed by atoms with van der Waals surface area (Å²) in [6, 6.07) is 44.1. The highest BCUT2D eigenvalue weighted by molar-refractivity contribution is 6.29. The average molecular weight is 1280 g/mol. The first-order valence-corrected chi connectivity index (χ1v) is 32.2. The summed E-state index contributed by atoms with van der Waals surface area (Å²) in [7, 11) is -1.00. The maximum absolute atomic E-state index is 13.5. The fraction of sp³-hybridized carbons (Fsp3) is 0.293. The molecule has 6 aromatic carbocycles. The van der Waals surface area contributed by atoms with E-state index in [0.717, 1.165) is 130 Å². The molecule has 3 fully saturated rings. The van der Waals surface area contributed by atoms with E-state index < -0.39 is 25.5 Å². The van der Waals surface area contributed by atoms with Gasteiger partial charge in [-0.2, -0.15) is 10.5 Å². The van der Waals surface area contributed by atoms with Crippen LogP contribution in [0.1, 0.15) is 141 Å². The van der Waals surface area contributed by atoms with Crippen molar-refractivity contribution < 1.29 is 21.1 Å². The van der Waals surface area contributed by atoms with E-state index in [-0.39, 0.29) is 34.8 Å². The smallest absolute Gasteiger partial charge is 0.261 e. The number of halogens is 2. The van der Waals surface area contributed by atoms with Gasteiger partial charge in [-0.05, 0) is 144 Å². The lowest BCUT2D eigenvalue weighted by Crippen LogP contribution is -2.34. The van der Waals surface area contributed by atoms with Gasteiger partial charge >= 0.3 is 0 Å². The number of aliphatic hydroxyl groups is 3. The molecule has 3 aliphatic rings. The fourth-order valence-electron chi connectivity index (χ4n) is 13.9. The number of nitriles is 2. The van der Waals surface area contributed by atoms with Gasteiger partial charge in [0.05, 0.1) is 96.7 Å². The van der Waals surface area contributed by atoms with Crippen molar-refractivity contribution in [1.29, 1.82) is 10.5 Å². The number of fused-ring (bicyclic) bond motifs is 9. The van der Waals surface area contributed by atoms with Gasteiger partial charge in [0.25, 0.3) is 16.7 Å². The summed E-state index contributed by atoms with van der Waals surface area (Å²) >= 11 is 5.93. The predicted molar refractivity (Wildman–Crippen MR) is 364 cm³/mol. The Labute approximate surface area is 547 Å². The molecule has 0 radical (unpaired) electrons. The molecule has 0 bridgehead atoms. The number of rotatable bonds is 9. The third-order valence-corrected chi connectivity index (χ3v) is 18.9. The van der Waals surface area contributed by atoms with Gasteiger partial charge in [0.2, 0.25) is 0 Å². The van der Waals surface area contributed by atoms with Crippen LogP contribution in [-0.4, -0.2) is 84.4 Å². The Hall–Kier alpha value is -9.95. The average Bonchev–Trinajstić information content (AvgIpc) is 0.769. The van der Waals surface area contributed by atoms with E-state index >= 15 is 0 Å². The number of hydrogen-bond acceptors (Lipinski definition) is 14. The van der Waals surface area contributed by atoms with Crippen LogP contribution in [0.15, 0.2) is 179 Å². The Kier molecular flexibility index (Phi) is 19.3. The van der Waals surface area contributed by atoms with Crippen LogP contribution in [-0.2, 0) is 19.3 Å². The minimum absolute atomic E-state index is 0.0906. The third-order valence-electron chi connectivity index (χ3n) is 18.6. The number of aromatic nitrogens is 9. The lowest BCUT2D eigenvalue weighted by Gasteiger charge is -2.29. The first kappa shape index (κ1) is 62.8. The van der Waals surface area contributed by atoms with E-state index in [2.05, 4.69) is 36.0 Å². The van der Waals surface area contributed by atoms with Gasteiger partial charge < -0.3 is 15.3 Å². The molecule has 0 saturated heterocycles. The lowest BCUT2D eigenvalue weighted by atomic mass is 9.92. The van der Waals surface area contributed by atoms with Crippen molar-refractivity contribution in [2.45, 2.75) is 133 Å². The standard InChI is InChI=1S/2C25H22N4O2.C24H22ClN3O2.CH3F/c2*26-13-18-10-9-16(14-27-18)11-17-12-21-24(20-6-2-1-5-19(17)20)28-15-29(25(21)31)22-7-3-4-8-23(22)30;25-22-10-9-15(13-26-22)11-16-12-19-23(18-6-2-1-5-17(16)18)27-14-28(24(19)30)20-7-3-4-8-21(20)29;1-2/h2*1-2,5-6,9-10,12,14-15,22-23,30H,3-4,7-8,11H2;1-2,5-6,9-10,12-14,20-21,29H,3-4,7-8,11H2;1H3/t2*22-,23-;20-,21-;/m000./s1/i;;;1D. The maximum atomic E-state index is 13.5. The van der Waals surface area contributed by atoms with Crippen molar-refractivity contribution in [3.63, 3.8) is 0 Å². The number of benzene rings is 6. The van der Waals surface area contributed by atoms with Gasteiger partial charge in [-0.1, -0.05) is 141 Å². The highest BCUT2D eigenvalue weighted by Crippen LogP contribution is 2.35. The molecule has 0 spiro atoms. The molecule has 3 saturated carbocycles. The summed E-state index contributed by atoms with van der Waals surface area (Å²) < 4.78 is 20.4. The SMILES string of the molecule is N#Cc1ccc(Cc2cc3c(=O)n([C@H]4CCCC[C@@H]4O)cnc3c3ccccc23)cn1.N#Cc1ccc(Cc2cc3c(=O)n([C@H]4CCCC[C@@H]4O)cnc3c3ccccc23)cn1.O=c1c2cc(Cc3ccc(Cl)nc3)c3ccccc3c2ncn1[C@H]1CCCC[C@@H]1O.[2H]CF. The summed E-state index contributed by atoms with van der Waals surface area (Å²) in [6.07, 6.45) is 20.8. The second-order valence-electron chi connectivity index (χ2n) is 24.4. The number of alkyl halides is 1. The Balaban J connectivity index is 0.000000134. The zero-order valence-corrected chi connectivity index (χ0v) is 52.4. The van der Waals surface area contributed by atoms with Crippen molar-refractivity contribution in [3.05, 3.63) is 246 Å². The molecule has 474 valence electrons. The third kappa shape index (κ3) is 13.3. The van der Waals surface area contributed by atoms with Crippen molar-refractivity contribution >= 4 is 76.6 Å². The zero-order chi connectivity index (χ0) is 66.1. The molecule has 6 heterocycles. The molecule has 3 N–H and O–H groups in total. The quantitative estimate of drug-likeness (QED) is 0.0898. The van der Waals surface area contributed by atoms with Gasteiger partial charge in [-0.15, -0.1) is 0 Å². The van der Waals surface area contributed by atoms with Crippen LogP contribution in [0.25, 0.3) is 65.0 Å². The Morgan fingerprint density at radius 1 is 0.447 bits per heavy atom. The summed E-state index contributed by atoms with van der Waals surface area (Å²) in [5.74, 6) is 0. The molecule has 0 aliphatic heterocycles. The monoisotopic (exact) mass is 1270 g/mol. The van der Waals surface area contributed by atoms with Crippen LogP contribution in [0.3, 0.4) is 0 Å². The van der Waals surface area contributed by atoms with Crippen LogP contribution < -0.4 is 16.7 Å². The highest BCUT2D eigenvalue weighted by Gasteiger charge is 2.30. The first-order chi connectivity index (χ1) is 46.3. The zero-order valence-electron chi connectivity index (χ0n) is 52.6. The van der Waals surface area contributed by atoms with Crippen molar-refractivity contribution in [3.8, 4) is 12.1 Å². The van der Waals surface area contributed by atoms with Crippen molar-refractivity contribution in [2.24, 2.45) is 0 Å². The lowest BCUT2D eigenvalue weighted by molar-refractivity contribution is 0.0733. The largest absolute Gasteiger partial charge is 0.391 e. The Bertz CT molecular complexity index is 4850.